The summed E-state index contributed by atoms with van der Waals surface area (Å²) >= 11 is 0. The Labute approximate surface area is 87.7 Å². The van der Waals surface area contributed by atoms with Crippen molar-refractivity contribution in [3.63, 3.8) is 0 Å². The summed E-state index contributed by atoms with van der Waals surface area (Å²) in [6, 6.07) is 0. The summed E-state index contributed by atoms with van der Waals surface area (Å²) in [6.45, 7) is -1.77. The number of aliphatic hydroxyl groups excluding tert-OH is 4. The van der Waals surface area contributed by atoms with Gasteiger partial charge in [-0.2, -0.15) is 17.9 Å². The fraction of sp³-hybridized carbons (Fsp3) is 1.00. The third kappa shape index (κ3) is 7.62. The molecule has 0 fully saturated rings. The van der Waals surface area contributed by atoms with Crippen LogP contribution >= 0.6 is 0 Å². The molecule has 0 amide bonds. The molecule has 0 aliphatic carbocycles. The van der Waals surface area contributed by atoms with Gasteiger partial charge in [0.25, 0.3) is 10.2 Å². The van der Waals surface area contributed by atoms with E-state index in [9.17, 15) is 8.42 Å². The molecule has 0 radical (unpaired) electrons. The van der Waals surface area contributed by atoms with Gasteiger partial charge in [-0.25, -0.2) is 0 Å². The monoisotopic (exact) mass is 244 g/mol. The third-order valence-corrected chi connectivity index (χ3v) is 2.53. The first-order valence-corrected chi connectivity index (χ1v) is 5.71. The van der Waals surface area contributed by atoms with Gasteiger partial charge in [0.1, 0.15) is 0 Å². The van der Waals surface area contributed by atoms with Gasteiger partial charge in [0, 0.05) is 13.1 Å². The highest BCUT2D eigenvalue weighted by Gasteiger charge is 2.13. The predicted octanol–water partition coefficient (Wildman–Crippen LogP) is -3.88. The molecule has 2 unspecified atom stereocenters. The zero-order valence-electron chi connectivity index (χ0n) is 8.00. The third-order valence-electron chi connectivity index (χ3n) is 1.44. The van der Waals surface area contributed by atoms with Crippen molar-refractivity contribution in [3.05, 3.63) is 0 Å². The van der Waals surface area contributed by atoms with Crippen LogP contribution in [-0.2, 0) is 10.2 Å². The van der Waals surface area contributed by atoms with Crippen LogP contribution < -0.4 is 9.44 Å². The number of rotatable bonds is 8. The van der Waals surface area contributed by atoms with E-state index in [1.165, 1.54) is 0 Å². The van der Waals surface area contributed by atoms with Crippen molar-refractivity contribution in [3.8, 4) is 0 Å². The molecule has 0 spiro atoms. The maximum Gasteiger partial charge on any atom is 0.277 e. The molecule has 8 nitrogen and oxygen atoms in total. The highest BCUT2D eigenvalue weighted by molar-refractivity contribution is 7.87. The Bertz CT molecular complexity index is 236. The van der Waals surface area contributed by atoms with Gasteiger partial charge in [-0.05, 0) is 0 Å². The van der Waals surface area contributed by atoms with E-state index in [-0.39, 0.29) is 13.1 Å². The zero-order valence-corrected chi connectivity index (χ0v) is 8.81. The van der Waals surface area contributed by atoms with Crippen LogP contribution in [-0.4, -0.2) is 67.4 Å². The van der Waals surface area contributed by atoms with Crippen molar-refractivity contribution in [1.82, 2.24) is 9.44 Å². The molecule has 0 rings (SSSR count). The van der Waals surface area contributed by atoms with Crippen molar-refractivity contribution in [1.29, 1.82) is 0 Å². The molecular formula is C6H16N2O6S. The Morgan fingerprint density at radius 1 is 0.933 bits per heavy atom. The SMILES string of the molecule is O=S(=O)(NCC(O)CO)NCC(O)CO. The second kappa shape index (κ2) is 7.06. The normalized spacial score (nSPS) is 16.3. The Morgan fingerprint density at radius 2 is 1.27 bits per heavy atom. The molecule has 15 heavy (non-hydrogen) atoms. The van der Waals surface area contributed by atoms with E-state index < -0.39 is 35.6 Å². The Kier molecular flexibility index (Phi) is 6.92. The number of nitrogens with one attached hydrogen (secondary N) is 2. The number of hydrogen-bond acceptors (Lipinski definition) is 6. The van der Waals surface area contributed by atoms with Crippen LogP contribution in [0.1, 0.15) is 0 Å². The minimum absolute atomic E-state index is 0.332. The Morgan fingerprint density at radius 3 is 1.53 bits per heavy atom. The molecule has 0 bridgehead atoms. The minimum atomic E-state index is -3.83. The first kappa shape index (κ1) is 14.7. The smallest absolute Gasteiger partial charge is 0.277 e. The van der Waals surface area contributed by atoms with Crippen LogP contribution in [0.5, 0.6) is 0 Å². The van der Waals surface area contributed by atoms with Crippen LogP contribution in [0.4, 0.5) is 0 Å². The summed E-state index contributed by atoms with van der Waals surface area (Å²) in [5.74, 6) is 0. The van der Waals surface area contributed by atoms with Crippen molar-refractivity contribution < 1.29 is 28.8 Å². The molecule has 0 aromatic carbocycles. The maximum atomic E-state index is 11.1. The van der Waals surface area contributed by atoms with E-state index in [0.717, 1.165) is 0 Å². The van der Waals surface area contributed by atoms with Crippen LogP contribution in [0.15, 0.2) is 0 Å². The first-order chi connectivity index (χ1) is 6.91. The molecule has 6 N–H and O–H groups in total. The lowest BCUT2D eigenvalue weighted by molar-refractivity contribution is 0.0966. The lowest BCUT2D eigenvalue weighted by Gasteiger charge is -2.12. The van der Waals surface area contributed by atoms with E-state index >= 15 is 0 Å². The number of hydrogen-bond donors (Lipinski definition) is 6. The van der Waals surface area contributed by atoms with Gasteiger partial charge in [-0.1, -0.05) is 0 Å². The molecule has 2 atom stereocenters. The highest BCUT2D eigenvalue weighted by Crippen LogP contribution is 1.83. The predicted molar refractivity (Wildman–Crippen MR) is 51.1 cm³/mol. The minimum Gasteiger partial charge on any atom is -0.394 e. The van der Waals surface area contributed by atoms with Crippen molar-refractivity contribution >= 4 is 10.2 Å². The summed E-state index contributed by atoms with van der Waals surface area (Å²) in [4.78, 5) is 0. The maximum absolute atomic E-state index is 11.1. The summed E-state index contributed by atoms with van der Waals surface area (Å²) in [5, 5.41) is 34.5. The molecule has 0 aliphatic rings. The molecule has 9 heteroatoms. The molecule has 0 aromatic rings. The van der Waals surface area contributed by atoms with E-state index in [4.69, 9.17) is 20.4 Å². The summed E-state index contributed by atoms with van der Waals surface area (Å²) in [6.07, 6.45) is -2.35. The van der Waals surface area contributed by atoms with Gasteiger partial charge in [0.05, 0.1) is 25.4 Å². The van der Waals surface area contributed by atoms with Crippen LogP contribution in [0.25, 0.3) is 0 Å². The lowest BCUT2D eigenvalue weighted by Crippen LogP contribution is -2.44. The van der Waals surface area contributed by atoms with Crippen LogP contribution in [0.3, 0.4) is 0 Å². The van der Waals surface area contributed by atoms with Crippen molar-refractivity contribution in [2.75, 3.05) is 26.3 Å². The second-order valence-electron chi connectivity index (χ2n) is 2.87. The molecular weight excluding hydrogens is 228 g/mol. The average molecular weight is 244 g/mol. The molecule has 92 valence electrons. The van der Waals surface area contributed by atoms with Gasteiger partial charge in [-0.15, -0.1) is 0 Å². The standard InChI is InChI=1S/C6H16N2O6S/c9-3-5(11)1-7-15(13,14)8-2-6(12)4-10/h5-12H,1-4H2. The summed E-state index contributed by atoms with van der Waals surface area (Å²) < 4.78 is 26.0. The van der Waals surface area contributed by atoms with Gasteiger partial charge < -0.3 is 20.4 Å². The van der Waals surface area contributed by atoms with Crippen LogP contribution in [0.2, 0.25) is 0 Å². The summed E-state index contributed by atoms with van der Waals surface area (Å²) in [7, 11) is -3.83. The fourth-order valence-electron chi connectivity index (χ4n) is 0.592. The van der Waals surface area contributed by atoms with E-state index in [1.54, 1.807) is 0 Å². The van der Waals surface area contributed by atoms with Crippen molar-refractivity contribution in [2.45, 2.75) is 12.2 Å². The van der Waals surface area contributed by atoms with Crippen LogP contribution in [0, 0.1) is 0 Å². The largest absolute Gasteiger partial charge is 0.394 e. The summed E-state index contributed by atoms with van der Waals surface area (Å²) in [5.41, 5.74) is 0. The lowest BCUT2D eigenvalue weighted by atomic mass is 10.4. The molecule has 0 aliphatic heterocycles. The first-order valence-electron chi connectivity index (χ1n) is 4.23. The van der Waals surface area contributed by atoms with Gasteiger partial charge in [0.2, 0.25) is 0 Å². The van der Waals surface area contributed by atoms with Gasteiger partial charge >= 0.3 is 0 Å². The Hall–Kier alpha value is -0.290. The fourth-order valence-corrected chi connectivity index (χ4v) is 1.52. The van der Waals surface area contributed by atoms with Gasteiger partial charge in [-0.3, -0.25) is 0 Å². The highest BCUT2D eigenvalue weighted by atomic mass is 32.2. The quantitative estimate of drug-likeness (QED) is 0.258. The van der Waals surface area contributed by atoms with E-state index in [0.29, 0.717) is 0 Å². The number of aliphatic hydroxyl groups is 4. The topological polar surface area (TPSA) is 139 Å². The average Bonchev–Trinajstić information content (AvgIpc) is 2.22. The van der Waals surface area contributed by atoms with E-state index in [2.05, 4.69) is 0 Å². The molecule has 0 aromatic heterocycles. The van der Waals surface area contributed by atoms with Crippen molar-refractivity contribution in [2.24, 2.45) is 0 Å². The Balaban J connectivity index is 3.87. The van der Waals surface area contributed by atoms with E-state index in [1.807, 2.05) is 9.44 Å². The van der Waals surface area contributed by atoms with Gasteiger partial charge in [0.15, 0.2) is 0 Å². The zero-order chi connectivity index (χ0) is 11.9. The second-order valence-corrected chi connectivity index (χ2v) is 4.46. The molecule has 0 heterocycles. The molecule has 0 saturated heterocycles. The molecule has 0 saturated carbocycles.